The largest absolute Gasteiger partial charge is 0.478 e. The Labute approximate surface area is 124 Å². The third-order valence-electron chi connectivity index (χ3n) is 2.45. The lowest BCUT2D eigenvalue weighted by Crippen LogP contribution is -2.15. The second-order valence-corrected chi connectivity index (χ2v) is 4.48. The normalized spacial score (nSPS) is 11.7. The molecule has 8 heteroatoms. The Hall–Kier alpha value is -2.02. The molecule has 1 N–H and O–H groups in total. The van der Waals surface area contributed by atoms with Gasteiger partial charge in [-0.15, -0.1) is 6.58 Å². The number of hydrogen-bond donors (Lipinski definition) is 1. The minimum absolute atomic E-state index is 0.362. The number of aromatic carboxylic acids is 1. The molecule has 1 aromatic rings. The number of alkyl halides is 3. The molecule has 0 radical (unpaired) electrons. The van der Waals surface area contributed by atoms with Gasteiger partial charge in [0.15, 0.2) is 0 Å². The Balaban J connectivity index is 3.40. The van der Waals surface area contributed by atoms with Crippen LogP contribution in [-0.4, -0.2) is 35.9 Å². The fourth-order valence-corrected chi connectivity index (χ4v) is 1.79. The van der Waals surface area contributed by atoms with E-state index in [-0.39, 0.29) is 0 Å². The monoisotopic (exact) mass is 320 g/mol. The van der Waals surface area contributed by atoms with E-state index in [0.29, 0.717) is 12.6 Å². The van der Waals surface area contributed by atoms with Crippen molar-refractivity contribution in [2.24, 2.45) is 4.99 Å². The Kier molecular flexibility index (Phi) is 5.37. The first kappa shape index (κ1) is 17.0. The summed E-state index contributed by atoms with van der Waals surface area (Å²) in [6, 6.07) is 1.45. The molecule has 0 amide bonds. The number of aliphatic imine (C=N–C) groups is 1. The first-order valence-corrected chi connectivity index (χ1v) is 6.04. The molecule has 0 saturated heterocycles. The molecule has 21 heavy (non-hydrogen) atoms. The molecular formula is C13H12ClF3N2O2. The maximum atomic E-state index is 12.9. The van der Waals surface area contributed by atoms with E-state index in [1.807, 2.05) is 0 Å². The van der Waals surface area contributed by atoms with E-state index in [1.165, 1.54) is 11.0 Å². The van der Waals surface area contributed by atoms with Crippen molar-refractivity contribution in [3.8, 4) is 0 Å². The summed E-state index contributed by atoms with van der Waals surface area (Å²) in [5.41, 5.74) is -2.16. The van der Waals surface area contributed by atoms with Gasteiger partial charge in [-0.05, 0) is 12.1 Å². The Morgan fingerprint density at radius 2 is 2.14 bits per heavy atom. The van der Waals surface area contributed by atoms with Crippen LogP contribution in [0.15, 0.2) is 29.8 Å². The van der Waals surface area contributed by atoms with E-state index < -0.39 is 34.0 Å². The molecule has 0 aliphatic carbocycles. The van der Waals surface area contributed by atoms with Crippen molar-refractivity contribution in [1.82, 2.24) is 4.90 Å². The van der Waals surface area contributed by atoms with Crippen molar-refractivity contribution in [1.29, 1.82) is 0 Å². The predicted molar refractivity (Wildman–Crippen MR) is 74.4 cm³/mol. The molecule has 0 heterocycles. The Morgan fingerprint density at radius 3 is 2.62 bits per heavy atom. The molecule has 0 fully saturated rings. The fourth-order valence-electron chi connectivity index (χ4n) is 1.49. The van der Waals surface area contributed by atoms with Gasteiger partial charge >= 0.3 is 12.1 Å². The smallest absolute Gasteiger partial charge is 0.418 e. The van der Waals surface area contributed by atoms with Crippen LogP contribution >= 0.6 is 11.6 Å². The number of likely N-dealkylation sites (N-methyl/N-ethyl adjacent to an activating group) is 1. The second-order valence-electron chi connectivity index (χ2n) is 4.10. The average molecular weight is 321 g/mol. The fraction of sp³-hybridized carbons (Fsp3) is 0.231. The van der Waals surface area contributed by atoms with Crippen LogP contribution in [0.3, 0.4) is 0 Å². The van der Waals surface area contributed by atoms with Crippen LogP contribution in [0.25, 0.3) is 0 Å². The number of rotatable bonds is 5. The zero-order chi connectivity index (χ0) is 16.2. The van der Waals surface area contributed by atoms with Crippen molar-refractivity contribution in [2.75, 3.05) is 13.6 Å². The average Bonchev–Trinajstić information content (AvgIpc) is 2.35. The van der Waals surface area contributed by atoms with Gasteiger partial charge in [0.2, 0.25) is 0 Å². The second kappa shape index (κ2) is 6.62. The van der Waals surface area contributed by atoms with Gasteiger partial charge in [0.1, 0.15) is 0 Å². The number of halogens is 4. The number of carboxylic acid groups (broad SMARTS) is 1. The maximum absolute atomic E-state index is 12.9. The molecule has 0 unspecified atom stereocenters. The molecule has 4 nitrogen and oxygen atoms in total. The topological polar surface area (TPSA) is 52.9 Å². The molecule has 0 aliphatic heterocycles. The molecule has 0 spiro atoms. The van der Waals surface area contributed by atoms with Gasteiger partial charge in [-0.1, -0.05) is 17.7 Å². The number of carbonyl (C=O) groups is 1. The van der Waals surface area contributed by atoms with Crippen LogP contribution in [0.5, 0.6) is 0 Å². The number of nitrogens with zero attached hydrogens (tertiary/aromatic N) is 2. The highest BCUT2D eigenvalue weighted by Gasteiger charge is 2.35. The van der Waals surface area contributed by atoms with E-state index in [2.05, 4.69) is 11.6 Å². The number of hydrogen-bond acceptors (Lipinski definition) is 2. The minimum Gasteiger partial charge on any atom is -0.478 e. The summed E-state index contributed by atoms with van der Waals surface area (Å²) in [6.07, 6.45) is -2.03. The Bertz CT molecular complexity index is 586. The van der Waals surface area contributed by atoms with Gasteiger partial charge in [0, 0.05) is 13.6 Å². The summed E-state index contributed by atoms with van der Waals surface area (Å²) in [5.74, 6) is -1.43. The summed E-state index contributed by atoms with van der Waals surface area (Å²) >= 11 is 5.74. The van der Waals surface area contributed by atoms with E-state index in [0.717, 1.165) is 12.4 Å². The van der Waals surface area contributed by atoms with Crippen molar-refractivity contribution in [3.63, 3.8) is 0 Å². The molecule has 0 bridgehead atoms. The van der Waals surface area contributed by atoms with Gasteiger partial charge in [0.05, 0.1) is 28.2 Å². The third kappa shape index (κ3) is 4.22. The molecule has 0 saturated carbocycles. The SMILES string of the molecule is C=CCN(C)C=Nc1c(C(F)(F)F)ccc(C(=O)O)c1Cl. The standard InChI is InChI=1S/C13H12ClF3N2O2/c1-3-6-19(2)7-18-11-9(13(15,16)17)5-4-8(10(11)14)12(20)21/h3-5,7H,1,6H2,2H3,(H,20,21). The van der Waals surface area contributed by atoms with Crippen LogP contribution in [0.1, 0.15) is 15.9 Å². The predicted octanol–water partition coefficient (Wildman–Crippen LogP) is 3.83. The summed E-state index contributed by atoms with van der Waals surface area (Å²) in [6.45, 7) is 3.84. The third-order valence-corrected chi connectivity index (χ3v) is 2.84. The van der Waals surface area contributed by atoms with E-state index >= 15 is 0 Å². The lowest BCUT2D eigenvalue weighted by molar-refractivity contribution is -0.137. The summed E-state index contributed by atoms with van der Waals surface area (Å²) in [4.78, 5) is 16.1. The van der Waals surface area contributed by atoms with Gasteiger partial charge in [-0.3, -0.25) is 0 Å². The van der Waals surface area contributed by atoms with Gasteiger partial charge in [-0.25, -0.2) is 9.79 Å². The lowest BCUT2D eigenvalue weighted by Gasteiger charge is -2.14. The first-order valence-electron chi connectivity index (χ1n) is 5.66. The van der Waals surface area contributed by atoms with Gasteiger partial charge in [-0.2, -0.15) is 13.2 Å². The molecule has 1 aromatic carbocycles. The van der Waals surface area contributed by atoms with E-state index in [1.54, 1.807) is 7.05 Å². The number of benzene rings is 1. The molecule has 0 aromatic heterocycles. The van der Waals surface area contributed by atoms with Crippen LogP contribution in [0.4, 0.5) is 18.9 Å². The van der Waals surface area contributed by atoms with E-state index in [9.17, 15) is 18.0 Å². The molecule has 1 rings (SSSR count). The lowest BCUT2D eigenvalue weighted by atomic mass is 10.1. The van der Waals surface area contributed by atoms with Crippen molar-refractivity contribution >= 4 is 29.6 Å². The van der Waals surface area contributed by atoms with Crippen LogP contribution in [0, 0.1) is 0 Å². The van der Waals surface area contributed by atoms with Crippen LogP contribution in [0.2, 0.25) is 5.02 Å². The minimum atomic E-state index is -4.69. The summed E-state index contributed by atoms with van der Waals surface area (Å²) < 4.78 is 38.8. The highest BCUT2D eigenvalue weighted by Crippen LogP contribution is 2.41. The highest BCUT2D eigenvalue weighted by atomic mass is 35.5. The summed E-state index contributed by atoms with van der Waals surface area (Å²) in [5, 5.41) is 8.35. The highest BCUT2D eigenvalue weighted by molar-refractivity contribution is 6.36. The van der Waals surface area contributed by atoms with Crippen molar-refractivity contribution in [2.45, 2.75) is 6.18 Å². The zero-order valence-electron chi connectivity index (χ0n) is 11.0. The molecular weight excluding hydrogens is 309 g/mol. The zero-order valence-corrected chi connectivity index (χ0v) is 11.7. The molecule has 114 valence electrons. The quantitative estimate of drug-likeness (QED) is 0.509. The van der Waals surface area contributed by atoms with E-state index in [4.69, 9.17) is 16.7 Å². The van der Waals surface area contributed by atoms with Crippen molar-refractivity contribution < 1.29 is 23.1 Å². The molecule has 0 aliphatic rings. The maximum Gasteiger partial charge on any atom is 0.418 e. The van der Waals surface area contributed by atoms with Gasteiger partial charge in [0.25, 0.3) is 0 Å². The van der Waals surface area contributed by atoms with Crippen molar-refractivity contribution in [3.05, 3.63) is 40.9 Å². The van der Waals surface area contributed by atoms with Crippen LogP contribution < -0.4 is 0 Å². The first-order chi connectivity index (χ1) is 9.68. The summed E-state index contributed by atoms with van der Waals surface area (Å²) in [7, 11) is 1.58. The van der Waals surface area contributed by atoms with Crippen LogP contribution in [-0.2, 0) is 6.18 Å². The number of carboxylic acids is 1. The Morgan fingerprint density at radius 1 is 1.52 bits per heavy atom. The molecule has 0 atom stereocenters. The van der Waals surface area contributed by atoms with Gasteiger partial charge < -0.3 is 10.0 Å².